The van der Waals surface area contributed by atoms with E-state index in [1.165, 1.54) is 0 Å². The van der Waals surface area contributed by atoms with Crippen LogP contribution in [0, 0.1) is 0 Å². The Kier molecular flexibility index (Phi) is 3.70. The minimum atomic E-state index is -4.91. The van der Waals surface area contributed by atoms with E-state index in [1.54, 1.807) is 11.8 Å². The highest BCUT2D eigenvalue weighted by molar-refractivity contribution is 7.99. The molecular weight excluding hydrogens is 297 g/mol. The summed E-state index contributed by atoms with van der Waals surface area (Å²) in [6.45, 7) is -0.536. The van der Waals surface area contributed by atoms with Crippen molar-refractivity contribution in [3.05, 3.63) is 0 Å². The van der Waals surface area contributed by atoms with Crippen LogP contribution in [0.15, 0.2) is 0 Å². The number of imide groups is 1. The molecule has 2 saturated heterocycles. The molecule has 2 fully saturated rings. The molecule has 2 heterocycles. The number of alkyl halides is 3. The molecule has 0 aromatic carbocycles. The fraction of sp³-hybridized carbons (Fsp3) is 0.818. The molecule has 1 spiro atoms. The number of amides is 3. The van der Waals surface area contributed by atoms with Crippen LogP contribution in [0.4, 0.5) is 18.0 Å². The molecule has 0 bridgehead atoms. The van der Waals surface area contributed by atoms with Crippen LogP contribution in [0.5, 0.6) is 0 Å². The number of rotatable bonds is 2. The smallest absolute Gasteiger partial charge is 0.379 e. The normalized spacial score (nSPS) is 25.8. The quantitative estimate of drug-likeness (QED) is 0.750. The van der Waals surface area contributed by atoms with Gasteiger partial charge in [-0.05, 0) is 31.3 Å². The molecule has 2 aliphatic heterocycles. The lowest BCUT2D eigenvalue weighted by atomic mass is 9.92. The zero-order valence-electron chi connectivity index (χ0n) is 10.8. The molecule has 2 N–H and O–H groups in total. The van der Waals surface area contributed by atoms with Crippen LogP contribution in [0.1, 0.15) is 19.8 Å². The standard InChI is InChI=1S/C11H15F3N2O3S/c1-9(19,11(12,13)14)6-16-7(17)10(15-8(16)18)2-4-20-5-3-10/h19H,2-6H2,1H3,(H,15,18). The van der Waals surface area contributed by atoms with Gasteiger partial charge < -0.3 is 10.4 Å². The Morgan fingerprint density at radius 3 is 2.40 bits per heavy atom. The third-order valence-electron chi connectivity index (χ3n) is 3.67. The summed E-state index contributed by atoms with van der Waals surface area (Å²) < 4.78 is 38.0. The first-order valence-electron chi connectivity index (χ1n) is 6.10. The molecule has 114 valence electrons. The van der Waals surface area contributed by atoms with Gasteiger partial charge in [-0.3, -0.25) is 9.69 Å². The van der Waals surface area contributed by atoms with Crippen LogP contribution in [-0.4, -0.2) is 57.3 Å². The number of hydrogen-bond acceptors (Lipinski definition) is 4. The van der Waals surface area contributed by atoms with Gasteiger partial charge in [0.2, 0.25) is 0 Å². The fourth-order valence-corrected chi connectivity index (χ4v) is 3.47. The van der Waals surface area contributed by atoms with Crippen LogP contribution in [0.2, 0.25) is 0 Å². The average molecular weight is 312 g/mol. The predicted octanol–water partition coefficient (Wildman–Crippen LogP) is 1.12. The summed E-state index contributed by atoms with van der Waals surface area (Å²) in [6, 6.07) is -0.869. The maximum absolute atomic E-state index is 12.7. The number of thioether (sulfide) groups is 1. The van der Waals surface area contributed by atoms with Crippen molar-refractivity contribution in [1.29, 1.82) is 0 Å². The molecule has 3 amide bonds. The Hall–Kier alpha value is -0.960. The van der Waals surface area contributed by atoms with Crippen molar-refractivity contribution in [3.63, 3.8) is 0 Å². The van der Waals surface area contributed by atoms with Crippen molar-refractivity contribution in [2.24, 2.45) is 0 Å². The average Bonchev–Trinajstić information content (AvgIpc) is 2.53. The summed E-state index contributed by atoms with van der Waals surface area (Å²) >= 11 is 1.63. The molecule has 0 aliphatic carbocycles. The van der Waals surface area contributed by atoms with Crippen LogP contribution >= 0.6 is 11.8 Å². The van der Waals surface area contributed by atoms with Crippen molar-refractivity contribution >= 4 is 23.7 Å². The number of nitrogens with zero attached hydrogens (tertiary/aromatic N) is 1. The van der Waals surface area contributed by atoms with E-state index in [9.17, 15) is 27.9 Å². The van der Waals surface area contributed by atoms with Crippen LogP contribution in [-0.2, 0) is 4.79 Å². The summed E-state index contributed by atoms with van der Waals surface area (Å²) in [7, 11) is 0. The number of carbonyl (C=O) groups excluding carboxylic acids is 2. The van der Waals surface area contributed by atoms with E-state index in [4.69, 9.17) is 0 Å². The summed E-state index contributed by atoms with van der Waals surface area (Å²) in [5.41, 5.74) is -4.21. The number of β-amino-alcohol motifs (C(OH)–C–C–N with tert-alkyl or cyclic N) is 1. The van der Waals surface area contributed by atoms with Crippen LogP contribution in [0.25, 0.3) is 0 Å². The van der Waals surface area contributed by atoms with Gasteiger partial charge >= 0.3 is 12.2 Å². The lowest BCUT2D eigenvalue weighted by molar-refractivity contribution is -0.254. The molecule has 1 atom stereocenters. The Balaban J connectivity index is 2.18. The Morgan fingerprint density at radius 2 is 1.90 bits per heavy atom. The van der Waals surface area contributed by atoms with E-state index >= 15 is 0 Å². The van der Waals surface area contributed by atoms with Crippen molar-refractivity contribution < 1.29 is 27.9 Å². The first-order valence-corrected chi connectivity index (χ1v) is 7.25. The largest absolute Gasteiger partial charge is 0.418 e. The molecule has 0 aromatic rings. The number of nitrogens with one attached hydrogen (secondary N) is 1. The van der Waals surface area contributed by atoms with Crippen molar-refractivity contribution in [2.45, 2.75) is 37.1 Å². The van der Waals surface area contributed by atoms with Crippen molar-refractivity contribution in [2.75, 3.05) is 18.1 Å². The van der Waals surface area contributed by atoms with Gasteiger partial charge in [0.1, 0.15) is 5.54 Å². The number of hydrogen-bond donors (Lipinski definition) is 2. The fourth-order valence-electron chi connectivity index (χ4n) is 2.28. The molecular formula is C11H15F3N2O3S. The van der Waals surface area contributed by atoms with Gasteiger partial charge in [0.15, 0.2) is 5.60 Å². The predicted molar refractivity (Wildman–Crippen MR) is 66.2 cm³/mol. The number of aliphatic hydroxyl groups is 1. The zero-order valence-corrected chi connectivity index (χ0v) is 11.6. The topological polar surface area (TPSA) is 69.6 Å². The molecule has 20 heavy (non-hydrogen) atoms. The van der Waals surface area contributed by atoms with E-state index in [0.29, 0.717) is 36.2 Å². The number of urea groups is 1. The third-order valence-corrected chi connectivity index (χ3v) is 4.65. The second-order valence-electron chi connectivity index (χ2n) is 5.29. The maximum atomic E-state index is 12.7. The van der Waals surface area contributed by atoms with Crippen LogP contribution in [0.3, 0.4) is 0 Å². The highest BCUT2D eigenvalue weighted by Gasteiger charge is 2.57. The Morgan fingerprint density at radius 1 is 1.35 bits per heavy atom. The van der Waals surface area contributed by atoms with Gasteiger partial charge in [-0.25, -0.2) is 4.79 Å². The molecule has 5 nitrogen and oxygen atoms in total. The third kappa shape index (κ3) is 2.48. The van der Waals surface area contributed by atoms with Gasteiger partial charge in [0.25, 0.3) is 5.91 Å². The van der Waals surface area contributed by atoms with E-state index in [2.05, 4.69) is 5.32 Å². The molecule has 0 saturated carbocycles. The second kappa shape index (κ2) is 4.80. The second-order valence-corrected chi connectivity index (χ2v) is 6.51. The summed E-state index contributed by atoms with van der Waals surface area (Å²) in [5, 5.41) is 11.9. The van der Waals surface area contributed by atoms with E-state index in [-0.39, 0.29) is 0 Å². The Bertz CT molecular complexity index is 433. The zero-order chi connectivity index (χ0) is 15.2. The highest BCUT2D eigenvalue weighted by atomic mass is 32.2. The monoisotopic (exact) mass is 312 g/mol. The first kappa shape index (κ1) is 15.4. The van der Waals surface area contributed by atoms with Gasteiger partial charge in [-0.2, -0.15) is 24.9 Å². The molecule has 2 rings (SSSR count). The maximum Gasteiger partial charge on any atom is 0.418 e. The highest BCUT2D eigenvalue weighted by Crippen LogP contribution is 2.36. The number of halogens is 3. The molecule has 0 radical (unpaired) electrons. The van der Waals surface area contributed by atoms with Gasteiger partial charge in [-0.1, -0.05) is 0 Å². The molecule has 2 aliphatic rings. The SMILES string of the molecule is CC(O)(CN1C(=O)NC2(CCSCC2)C1=O)C(F)(F)F. The number of carbonyl (C=O) groups is 2. The first-order chi connectivity index (χ1) is 9.09. The molecule has 0 aromatic heterocycles. The minimum Gasteiger partial charge on any atom is -0.379 e. The minimum absolute atomic E-state index is 0.396. The van der Waals surface area contributed by atoms with Crippen molar-refractivity contribution in [1.82, 2.24) is 10.2 Å². The summed E-state index contributed by atoms with van der Waals surface area (Å²) in [4.78, 5) is 24.5. The van der Waals surface area contributed by atoms with E-state index in [1.807, 2.05) is 0 Å². The summed E-state index contributed by atoms with van der Waals surface area (Å²) in [6.07, 6.45) is -4.12. The summed E-state index contributed by atoms with van der Waals surface area (Å²) in [5.74, 6) is 0.651. The van der Waals surface area contributed by atoms with E-state index in [0.717, 1.165) is 0 Å². The van der Waals surface area contributed by atoms with Gasteiger partial charge in [0, 0.05) is 0 Å². The van der Waals surface area contributed by atoms with Crippen molar-refractivity contribution in [3.8, 4) is 0 Å². The van der Waals surface area contributed by atoms with E-state index < -0.39 is 35.8 Å². The van der Waals surface area contributed by atoms with Gasteiger partial charge in [0.05, 0.1) is 6.54 Å². The lowest BCUT2D eigenvalue weighted by Gasteiger charge is -2.32. The van der Waals surface area contributed by atoms with Gasteiger partial charge in [-0.15, -0.1) is 0 Å². The van der Waals surface area contributed by atoms with Crippen LogP contribution < -0.4 is 5.32 Å². The molecule has 9 heteroatoms. The lowest BCUT2D eigenvalue weighted by Crippen LogP contribution is -2.54. The molecule has 1 unspecified atom stereocenters. The Labute approximate surface area is 117 Å².